The van der Waals surface area contributed by atoms with Crippen LogP contribution in [0.25, 0.3) is 10.8 Å². The Hall–Kier alpha value is -2.24. The lowest BCUT2D eigenvalue weighted by Gasteiger charge is -2.07. The molecule has 0 amide bonds. The van der Waals surface area contributed by atoms with Crippen molar-refractivity contribution >= 4 is 10.8 Å². The number of nitrogens with one attached hydrogen (secondary N) is 2. The number of rotatable bonds is 2. The van der Waals surface area contributed by atoms with Crippen LogP contribution in [0.4, 0.5) is 0 Å². The molecule has 16 heavy (non-hydrogen) atoms. The number of aromatic nitrogens is 2. The van der Waals surface area contributed by atoms with Crippen molar-refractivity contribution in [2.45, 2.75) is 0 Å². The molecule has 2 aromatic rings. The summed E-state index contributed by atoms with van der Waals surface area (Å²) >= 11 is 0. The van der Waals surface area contributed by atoms with E-state index in [1.807, 2.05) is 0 Å². The molecule has 0 spiro atoms. The first-order valence-electron chi connectivity index (χ1n) is 4.54. The molecular formula is C10H10N2O4. The van der Waals surface area contributed by atoms with Crippen molar-refractivity contribution in [3.8, 4) is 11.5 Å². The number of fused-ring (bicyclic) bond motifs is 1. The quantitative estimate of drug-likeness (QED) is 0.762. The van der Waals surface area contributed by atoms with E-state index in [0.29, 0.717) is 11.5 Å². The third-order valence-electron chi connectivity index (χ3n) is 2.31. The van der Waals surface area contributed by atoms with E-state index < -0.39 is 11.1 Å². The fourth-order valence-electron chi connectivity index (χ4n) is 1.59. The van der Waals surface area contributed by atoms with E-state index in [2.05, 4.69) is 10.2 Å². The Morgan fingerprint density at radius 1 is 0.875 bits per heavy atom. The van der Waals surface area contributed by atoms with Gasteiger partial charge in [0.05, 0.1) is 25.0 Å². The topological polar surface area (TPSA) is 84.2 Å². The number of H-pyrrole nitrogens is 2. The average molecular weight is 222 g/mol. The van der Waals surface area contributed by atoms with Crippen molar-refractivity contribution in [1.29, 1.82) is 0 Å². The molecule has 0 radical (unpaired) electrons. The van der Waals surface area contributed by atoms with Crippen LogP contribution < -0.4 is 20.6 Å². The van der Waals surface area contributed by atoms with Crippen molar-refractivity contribution < 1.29 is 9.47 Å². The van der Waals surface area contributed by atoms with E-state index in [-0.39, 0.29) is 10.8 Å². The van der Waals surface area contributed by atoms with Crippen LogP contribution in [0.2, 0.25) is 0 Å². The van der Waals surface area contributed by atoms with Crippen LogP contribution in [0.15, 0.2) is 21.7 Å². The summed E-state index contributed by atoms with van der Waals surface area (Å²) in [6.45, 7) is 0. The van der Waals surface area contributed by atoms with E-state index in [1.165, 1.54) is 14.2 Å². The third-order valence-corrected chi connectivity index (χ3v) is 2.31. The van der Waals surface area contributed by atoms with Gasteiger partial charge in [-0.05, 0) is 12.1 Å². The number of methoxy groups -OCH3 is 2. The van der Waals surface area contributed by atoms with E-state index in [0.717, 1.165) is 0 Å². The first-order valence-corrected chi connectivity index (χ1v) is 4.54. The molecule has 0 aliphatic rings. The van der Waals surface area contributed by atoms with Crippen molar-refractivity contribution in [2.24, 2.45) is 0 Å². The van der Waals surface area contributed by atoms with Gasteiger partial charge in [0.25, 0.3) is 11.1 Å². The first kappa shape index (κ1) is 10.3. The third kappa shape index (κ3) is 1.35. The SMILES string of the molecule is COc1ccc(OC)c2c(=O)[nH][nH]c(=O)c12. The maximum absolute atomic E-state index is 11.6. The molecule has 0 aliphatic carbocycles. The average Bonchev–Trinajstić information content (AvgIpc) is 2.32. The zero-order valence-electron chi connectivity index (χ0n) is 8.79. The number of hydrogen-bond donors (Lipinski definition) is 2. The van der Waals surface area contributed by atoms with Gasteiger partial charge in [-0.3, -0.25) is 19.8 Å². The lowest BCUT2D eigenvalue weighted by atomic mass is 10.1. The second-order valence-corrected chi connectivity index (χ2v) is 3.13. The number of benzene rings is 1. The molecule has 1 aromatic heterocycles. The summed E-state index contributed by atoms with van der Waals surface area (Å²) in [5, 5.41) is 4.85. The second kappa shape index (κ2) is 3.73. The van der Waals surface area contributed by atoms with Gasteiger partial charge in [0.15, 0.2) is 0 Å². The lowest BCUT2D eigenvalue weighted by Crippen LogP contribution is -2.20. The standard InChI is InChI=1S/C10H10N2O4/c1-15-5-3-4-6(16-2)8-7(5)9(13)11-12-10(8)14/h3-4H,1-2H3,(H,11,13)(H,12,14). The Labute approximate surface area is 89.8 Å². The Balaban J connectivity index is 3.07. The molecule has 0 bridgehead atoms. The van der Waals surface area contributed by atoms with Crippen LogP contribution in [0.3, 0.4) is 0 Å². The van der Waals surface area contributed by atoms with E-state index in [4.69, 9.17) is 9.47 Å². The largest absolute Gasteiger partial charge is 0.496 e. The fraction of sp³-hybridized carbons (Fsp3) is 0.200. The minimum atomic E-state index is -0.426. The highest BCUT2D eigenvalue weighted by atomic mass is 16.5. The summed E-state index contributed by atoms with van der Waals surface area (Å²) in [5.74, 6) is 0.673. The molecule has 0 saturated heterocycles. The van der Waals surface area contributed by atoms with Gasteiger partial charge in [-0.1, -0.05) is 0 Å². The Kier molecular flexibility index (Phi) is 2.40. The molecule has 2 rings (SSSR count). The van der Waals surface area contributed by atoms with Gasteiger partial charge in [-0.15, -0.1) is 0 Å². The number of ether oxygens (including phenoxy) is 2. The fourth-order valence-corrected chi connectivity index (χ4v) is 1.59. The summed E-state index contributed by atoms with van der Waals surface area (Å²) in [6, 6.07) is 3.16. The van der Waals surface area contributed by atoms with Crippen molar-refractivity contribution in [3.63, 3.8) is 0 Å². The van der Waals surface area contributed by atoms with Gasteiger partial charge in [0, 0.05) is 0 Å². The molecule has 1 heterocycles. The van der Waals surface area contributed by atoms with Gasteiger partial charge in [-0.2, -0.15) is 0 Å². The molecule has 0 atom stereocenters. The van der Waals surface area contributed by atoms with Crippen molar-refractivity contribution in [3.05, 3.63) is 32.8 Å². The highest BCUT2D eigenvalue weighted by molar-refractivity contribution is 5.91. The van der Waals surface area contributed by atoms with E-state index >= 15 is 0 Å². The van der Waals surface area contributed by atoms with Crippen molar-refractivity contribution in [1.82, 2.24) is 10.2 Å². The van der Waals surface area contributed by atoms with Crippen LogP contribution >= 0.6 is 0 Å². The molecule has 1 aromatic carbocycles. The van der Waals surface area contributed by atoms with Gasteiger partial charge in [0.2, 0.25) is 0 Å². The molecule has 0 fully saturated rings. The summed E-state index contributed by atoms with van der Waals surface area (Å²) in [6.07, 6.45) is 0. The zero-order chi connectivity index (χ0) is 11.7. The predicted molar refractivity (Wildman–Crippen MR) is 58.3 cm³/mol. The summed E-state index contributed by atoms with van der Waals surface area (Å²) in [5.41, 5.74) is -0.851. The van der Waals surface area contributed by atoms with Gasteiger partial charge in [-0.25, -0.2) is 0 Å². The monoisotopic (exact) mass is 222 g/mol. The predicted octanol–water partition coefficient (Wildman–Crippen LogP) is 0.234. The molecule has 84 valence electrons. The molecule has 6 nitrogen and oxygen atoms in total. The van der Waals surface area contributed by atoms with Gasteiger partial charge >= 0.3 is 0 Å². The van der Waals surface area contributed by atoms with Gasteiger partial charge in [0.1, 0.15) is 11.5 Å². The summed E-state index contributed by atoms with van der Waals surface area (Å²) in [7, 11) is 2.86. The molecule has 2 N–H and O–H groups in total. The van der Waals surface area contributed by atoms with Crippen LogP contribution in [0.1, 0.15) is 0 Å². The second-order valence-electron chi connectivity index (χ2n) is 3.13. The van der Waals surface area contributed by atoms with Crippen LogP contribution in [-0.4, -0.2) is 24.4 Å². The first-order chi connectivity index (χ1) is 7.69. The Morgan fingerprint density at radius 3 is 1.56 bits per heavy atom. The van der Waals surface area contributed by atoms with Crippen LogP contribution in [0, 0.1) is 0 Å². The normalized spacial score (nSPS) is 10.4. The molecule has 6 heteroatoms. The minimum Gasteiger partial charge on any atom is -0.496 e. The highest BCUT2D eigenvalue weighted by Crippen LogP contribution is 2.27. The van der Waals surface area contributed by atoms with Crippen LogP contribution in [-0.2, 0) is 0 Å². The molecular weight excluding hydrogens is 212 g/mol. The number of aromatic amines is 2. The van der Waals surface area contributed by atoms with E-state index in [9.17, 15) is 9.59 Å². The molecule has 0 unspecified atom stereocenters. The smallest absolute Gasteiger partial charge is 0.274 e. The van der Waals surface area contributed by atoms with Crippen molar-refractivity contribution in [2.75, 3.05) is 14.2 Å². The lowest BCUT2D eigenvalue weighted by molar-refractivity contribution is 0.409. The molecule has 0 saturated carbocycles. The minimum absolute atomic E-state index is 0.186. The van der Waals surface area contributed by atoms with Gasteiger partial charge < -0.3 is 9.47 Å². The van der Waals surface area contributed by atoms with Crippen LogP contribution in [0.5, 0.6) is 11.5 Å². The molecule has 0 aliphatic heterocycles. The Bertz CT molecular complexity index is 585. The summed E-state index contributed by atoms with van der Waals surface area (Å²) < 4.78 is 10.1. The summed E-state index contributed by atoms with van der Waals surface area (Å²) in [4.78, 5) is 23.2. The zero-order valence-corrected chi connectivity index (χ0v) is 8.79. The Morgan fingerprint density at radius 2 is 1.25 bits per heavy atom. The highest BCUT2D eigenvalue weighted by Gasteiger charge is 2.13. The maximum Gasteiger partial charge on any atom is 0.274 e. The number of hydrogen-bond acceptors (Lipinski definition) is 4. The maximum atomic E-state index is 11.6. The van der Waals surface area contributed by atoms with E-state index in [1.54, 1.807) is 12.1 Å².